The summed E-state index contributed by atoms with van der Waals surface area (Å²) in [6.45, 7) is 6.50. The van der Waals surface area contributed by atoms with Crippen LogP contribution >= 0.6 is 0 Å². The summed E-state index contributed by atoms with van der Waals surface area (Å²) in [5, 5.41) is 9.51. The van der Waals surface area contributed by atoms with Crippen molar-refractivity contribution in [3.8, 4) is 0 Å². The highest BCUT2D eigenvalue weighted by atomic mass is 16.5. The van der Waals surface area contributed by atoms with Crippen molar-refractivity contribution >= 4 is 5.91 Å². The van der Waals surface area contributed by atoms with E-state index in [1.54, 1.807) is 0 Å². The van der Waals surface area contributed by atoms with E-state index in [1.165, 1.54) is 0 Å². The molecular formula is C12H21N5O2. The molecule has 0 saturated heterocycles. The quantitative estimate of drug-likeness (QED) is 0.704. The number of nitrogens with zero attached hydrogens (tertiary/aromatic N) is 2. The Labute approximate surface area is 112 Å². The van der Waals surface area contributed by atoms with E-state index in [4.69, 9.17) is 10.5 Å². The predicted octanol–water partition coefficient (Wildman–Crippen LogP) is 0.163. The topological polar surface area (TPSA) is 106 Å². The zero-order valence-corrected chi connectivity index (χ0v) is 11.5. The fraction of sp³-hybridized carbons (Fsp3) is 0.750. The lowest BCUT2D eigenvalue weighted by Gasteiger charge is -2.42. The van der Waals surface area contributed by atoms with E-state index in [1.807, 2.05) is 20.8 Å². The van der Waals surface area contributed by atoms with E-state index in [0.29, 0.717) is 12.4 Å². The van der Waals surface area contributed by atoms with Gasteiger partial charge in [0.2, 0.25) is 5.82 Å². The van der Waals surface area contributed by atoms with Crippen LogP contribution in [0, 0.1) is 0 Å². The predicted molar refractivity (Wildman–Crippen MR) is 69.7 cm³/mol. The first-order chi connectivity index (χ1) is 9.02. The summed E-state index contributed by atoms with van der Waals surface area (Å²) >= 11 is 0. The number of rotatable bonds is 5. The van der Waals surface area contributed by atoms with Crippen molar-refractivity contribution in [3.05, 3.63) is 11.6 Å². The second-order valence-electron chi connectivity index (χ2n) is 5.09. The van der Waals surface area contributed by atoms with Crippen molar-refractivity contribution < 1.29 is 9.53 Å². The smallest absolute Gasteiger partial charge is 0.291 e. The van der Waals surface area contributed by atoms with Crippen LogP contribution in [0.2, 0.25) is 0 Å². The Morgan fingerprint density at radius 2 is 2.37 bits per heavy atom. The zero-order chi connectivity index (χ0) is 14.0. The fourth-order valence-corrected chi connectivity index (χ4v) is 2.08. The molecule has 1 heterocycles. The number of aromatic amines is 1. The molecule has 0 spiro atoms. The summed E-state index contributed by atoms with van der Waals surface area (Å²) in [7, 11) is 0. The molecule has 4 N–H and O–H groups in total. The van der Waals surface area contributed by atoms with E-state index in [2.05, 4.69) is 20.5 Å². The molecule has 106 valence electrons. The molecule has 1 aliphatic rings. The number of nitrogens with one attached hydrogen (secondary N) is 2. The first-order valence-corrected chi connectivity index (χ1v) is 6.63. The highest BCUT2D eigenvalue weighted by Gasteiger charge is 2.40. The lowest BCUT2D eigenvalue weighted by atomic mass is 9.83. The molecule has 0 radical (unpaired) electrons. The Hall–Kier alpha value is -1.47. The first kappa shape index (κ1) is 14.0. The molecule has 1 aromatic heterocycles. The van der Waals surface area contributed by atoms with Gasteiger partial charge in [-0.25, -0.2) is 4.98 Å². The second kappa shape index (κ2) is 5.66. The Bertz CT molecular complexity index is 443. The Kier molecular flexibility index (Phi) is 4.16. The van der Waals surface area contributed by atoms with Crippen LogP contribution in [0.1, 0.15) is 49.6 Å². The molecule has 3 unspecified atom stereocenters. The highest BCUT2D eigenvalue weighted by Crippen LogP contribution is 2.22. The molecule has 1 saturated carbocycles. The van der Waals surface area contributed by atoms with Gasteiger partial charge in [0, 0.05) is 18.6 Å². The van der Waals surface area contributed by atoms with Crippen molar-refractivity contribution in [3.63, 3.8) is 0 Å². The highest BCUT2D eigenvalue weighted by molar-refractivity contribution is 5.90. The lowest BCUT2D eigenvalue weighted by molar-refractivity contribution is -0.0301. The van der Waals surface area contributed by atoms with Crippen LogP contribution in [-0.2, 0) is 4.74 Å². The standard InChI is InChI=1S/C12H21N5O2/c1-4-19-8-5-7(13)9(8)14-12(18)11-15-10(6(2)3)16-17-11/h6-9H,4-5,13H2,1-3H3,(H,14,18)(H,15,16,17). The van der Waals surface area contributed by atoms with E-state index in [0.717, 1.165) is 6.42 Å². The van der Waals surface area contributed by atoms with Crippen molar-refractivity contribution in [1.82, 2.24) is 20.5 Å². The third kappa shape index (κ3) is 2.93. The molecule has 7 nitrogen and oxygen atoms in total. The van der Waals surface area contributed by atoms with Crippen LogP contribution in [0.3, 0.4) is 0 Å². The summed E-state index contributed by atoms with van der Waals surface area (Å²) in [4.78, 5) is 16.2. The van der Waals surface area contributed by atoms with Gasteiger partial charge in [0.15, 0.2) is 0 Å². The molecule has 1 aliphatic carbocycles. The number of nitrogens with two attached hydrogens (primary N) is 1. The average Bonchev–Trinajstić information content (AvgIpc) is 2.85. The average molecular weight is 267 g/mol. The van der Waals surface area contributed by atoms with Gasteiger partial charge in [0.1, 0.15) is 5.82 Å². The van der Waals surface area contributed by atoms with Crippen LogP contribution in [0.5, 0.6) is 0 Å². The molecule has 0 aliphatic heterocycles. The molecule has 1 amide bonds. The summed E-state index contributed by atoms with van der Waals surface area (Å²) in [6, 6.07) is -0.225. The number of carbonyl (C=O) groups is 1. The Morgan fingerprint density at radius 1 is 1.63 bits per heavy atom. The molecule has 3 atom stereocenters. The number of hydrogen-bond donors (Lipinski definition) is 3. The molecule has 19 heavy (non-hydrogen) atoms. The maximum absolute atomic E-state index is 12.0. The van der Waals surface area contributed by atoms with Crippen LogP contribution in [0.4, 0.5) is 0 Å². The van der Waals surface area contributed by atoms with Crippen molar-refractivity contribution in [1.29, 1.82) is 0 Å². The molecule has 1 fully saturated rings. The largest absolute Gasteiger partial charge is 0.376 e. The lowest BCUT2D eigenvalue weighted by Crippen LogP contribution is -2.64. The second-order valence-corrected chi connectivity index (χ2v) is 5.09. The van der Waals surface area contributed by atoms with Gasteiger partial charge >= 0.3 is 0 Å². The van der Waals surface area contributed by atoms with Crippen molar-refractivity contribution in [2.24, 2.45) is 5.73 Å². The number of ether oxygens (including phenoxy) is 1. The van der Waals surface area contributed by atoms with E-state index < -0.39 is 0 Å². The Balaban J connectivity index is 1.96. The van der Waals surface area contributed by atoms with Gasteiger partial charge in [0.25, 0.3) is 5.91 Å². The summed E-state index contributed by atoms with van der Waals surface area (Å²) in [5.41, 5.74) is 5.88. The molecule has 1 aromatic rings. The maximum atomic E-state index is 12.0. The summed E-state index contributed by atoms with van der Waals surface area (Å²) in [5.74, 6) is 0.742. The number of amides is 1. The molecular weight excluding hydrogens is 246 g/mol. The van der Waals surface area contributed by atoms with Gasteiger partial charge in [-0.2, -0.15) is 0 Å². The summed E-state index contributed by atoms with van der Waals surface area (Å²) in [6.07, 6.45) is 0.761. The van der Waals surface area contributed by atoms with Crippen LogP contribution < -0.4 is 11.1 Å². The monoisotopic (exact) mass is 267 g/mol. The van der Waals surface area contributed by atoms with Gasteiger partial charge in [0.05, 0.1) is 12.1 Å². The van der Waals surface area contributed by atoms with Crippen LogP contribution in [0.25, 0.3) is 0 Å². The third-order valence-electron chi connectivity index (χ3n) is 3.30. The number of aromatic nitrogens is 3. The molecule has 0 aromatic carbocycles. The first-order valence-electron chi connectivity index (χ1n) is 6.63. The molecule has 2 rings (SSSR count). The molecule has 7 heteroatoms. The van der Waals surface area contributed by atoms with Gasteiger partial charge in [-0.05, 0) is 13.3 Å². The van der Waals surface area contributed by atoms with Gasteiger partial charge in [-0.15, -0.1) is 5.10 Å². The SMILES string of the molecule is CCOC1CC(N)C1NC(=O)c1n[nH]c(C(C)C)n1. The van der Waals surface area contributed by atoms with Gasteiger partial charge in [-0.3, -0.25) is 9.89 Å². The third-order valence-corrected chi connectivity index (χ3v) is 3.30. The molecule has 0 bridgehead atoms. The van der Waals surface area contributed by atoms with Crippen molar-refractivity contribution in [2.45, 2.75) is 51.3 Å². The summed E-state index contributed by atoms with van der Waals surface area (Å²) < 4.78 is 5.50. The Morgan fingerprint density at radius 3 is 2.89 bits per heavy atom. The van der Waals surface area contributed by atoms with Gasteiger partial charge < -0.3 is 15.8 Å². The number of carbonyl (C=O) groups excluding carboxylic acids is 1. The van der Waals surface area contributed by atoms with E-state index in [-0.39, 0.29) is 35.8 Å². The normalized spacial score (nSPS) is 26.3. The maximum Gasteiger partial charge on any atom is 0.291 e. The minimum Gasteiger partial charge on any atom is -0.376 e. The van der Waals surface area contributed by atoms with E-state index >= 15 is 0 Å². The number of H-pyrrole nitrogens is 1. The van der Waals surface area contributed by atoms with Crippen LogP contribution in [0.15, 0.2) is 0 Å². The van der Waals surface area contributed by atoms with Crippen LogP contribution in [-0.4, -0.2) is 45.9 Å². The minimum atomic E-state index is -0.312. The zero-order valence-electron chi connectivity index (χ0n) is 11.5. The van der Waals surface area contributed by atoms with Gasteiger partial charge in [-0.1, -0.05) is 13.8 Å². The number of hydrogen-bond acceptors (Lipinski definition) is 5. The van der Waals surface area contributed by atoms with Crippen molar-refractivity contribution in [2.75, 3.05) is 6.61 Å². The minimum absolute atomic E-state index is 0.00698. The van der Waals surface area contributed by atoms with E-state index in [9.17, 15) is 4.79 Å². The fourth-order valence-electron chi connectivity index (χ4n) is 2.08.